The first kappa shape index (κ1) is 9.21. The number of fused-ring (bicyclic) bond motifs is 1. The number of para-hydroxylation sites is 2. The van der Waals surface area contributed by atoms with Crippen LogP contribution in [-0.2, 0) is 4.79 Å². The normalized spacial score (nSPS) is 24.9. The van der Waals surface area contributed by atoms with E-state index in [1.807, 2.05) is 31.1 Å². The molecule has 2 unspecified atom stereocenters. The van der Waals surface area contributed by atoms with Crippen LogP contribution >= 0.6 is 0 Å². The molecule has 2 rings (SSSR count). The molecule has 14 heavy (non-hydrogen) atoms. The molecule has 1 N–H and O–H groups in total. The van der Waals surface area contributed by atoms with E-state index < -0.39 is 0 Å². The van der Waals surface area contributed by atoms with Gasteiger partial charge in [-0.15, -0.1) is 0 Å². The van der Waals surface area contributed by atoms with Crippen molar-refractivity contribution in [2.24, 2.45) is 0 Å². The molecular formula is C11H15N2O+. The van der Waals surface area contributed by atoms with Gasteiger partial charge in [-0.3, -0.25) is 9.69 Å². The second kappa shape index (κ2) is 3.10. The maximum atomic E-state index is 11.5. The molecule has 1 aliphatic heterocycles. The molecule has 0 aromatic heterocycles. The molecular weight excluding hydrogens is 176 g/mol. The van der Waals surface area contributed by atoms with E-state index in [1.54, 1.807) is 6.92 Å². The predicted molar refractivity (Wildman–Crippen MR) is 55.9 cm³/mol. The molecule has 2 atom stereocenters. The Hall–Kier alpha value is -1.35. The topological polar surface area (TPSA) is 24.8 Å². The fraction of sp³-hybridized carbons (Fsp3) is 0.364. The second-order valence-corrected chi connectivity index (χ2v) is 3.82. The summed E-state index contributed by atoms with van der Waals surface area (Å²) in [6, 6.07) is 8.15. The standard InChI is InChI=1S/C11H14N2O/c1-8(14)11-12(2)9-6-4-5-7-10(9)13(11)3/h4-7,11H,1-3H3/p+1. The highest BCUT2D eigenvalue weighted by molar-refractivity contribution is 5.86. The van der Waals surface area contributed by atoms with Crippen molar-refractivity contribution < 1.29 is 9.69 Å². The Bertz CT molecular complexity index is 346. The number of nitrogens with one attached hydrogen (secondary N) is 1. The lowest BCUT2D eigenvalue weighted by Crippen LogP contribution is -3.09. The average molecular weight is 191 g/mol. The minimum absolute atomic E-state index is 0.0626. The summed E-state index contributed by atoms with van der Waals surface area (Å²) in [6.45, 7) is 1.65. The number of hydrogen-bond acceptors (Lipinski definition) is 2. The summed E-state index contributed by atoms with van der Waals surface area (Å²) in [4.78, 5) is 14.7. The first-order valence-corrected chi connectivity index (χ1v) is 4.79. The number of likely N-dealkylation sites (N-methyl/N-ethyl adjacent to an activating group) is 2. The van der Waals surface area contributed by atoms with Crippen LogP contribution in [0.25, 0.3) is 0 Å². The Morgan fingerprint density at radius 1 is 1.43 bits per heavy atom. The van der Waals surface area contributed by atoms with Crippen molar-refractivity contribution in [1.29, 1.82) is 0 Å². The largest absolute Gasteiger partial charge is 0.314 e. The van der Waals surface area contributed by atoms with E-state index in [-0.39, 0.29) is 11.9 Å². The highest BCUT2D eigenvalue weighted by Gasteiger charge is 2.38. The summed E-state index contributed by atoms with van der Waals surface area (Å²) < 4.78 is 0. The molecule has 1 heterocycles. The molecule has 0 radical (unpaired) electrons. The van der Waals surface area contributed by atoms with Crippen LogP contribution in [0.2, 0.25) is 0 Å². The van der Waals surface area contributed by atoms with Crippen molar-refractivity contribution in [3.8, 4) is 0 Å². The molecule has 0 saturated carbocycles. The van der Waals surface area contributed by atoms with Crippen LogP contribution in [0.1, 0.15) is 6.92 Å². The highest BCUT2D eigenvalue weighted by atomic mass is 16.1. The first-order valence-electron chi connectivity index (χ1n) is 4.79. The summed E-state index contributed by atoms with van der Waals surface area (Å²) in [5.74, 6) is 0.209. The van der Waals surface area contributed by atoms with E-state index in [4.69, 9.17) is 0 Å². The number of carbonyl (C=O) groups excluding carboxylic acids is 1. The summed E-state index contributed by atoms with van der Waals surface area (Å²) in [5, 5.41) is 0. The van der Waals surface area contributed by atoms with Gasteiger partial charge in [-0.05, 0) is 6.07 Å². The van der Waals surface area contributed by atoms with Crippen molar-refractivity contribution in [1.82, 2.24) is 0 Å². The van der Waals surface area contributed by atoms with Gasteiger partial charge in [0.2, 0.25) is 11.9 Å². The number of Topliss-reactive ketones (excluding diaryl/α,β-unsaturated/α-hetero) is 1. The molecule has 0 saturated heterocycles. The molecule has 0 fully saturated rings. The number of anilines is 1. The van der Waals surface area contributed by atoms with Gasteiger partial charge in [0.15, 0.2) is 5.69 Å². The number of nitrogens with zero attached hydrogens (tertiary/aromatic N) is 1. The SMILES string of the molecule is CC(=O)C1N(C)c2ccccc2[NH+]1C. The molecule has 74 valence electrons. The third-order valence-corrected chi connectivity index (χ3v) is 2.89. The van der Waals surface area contributed by atoms with Crippen molar-refractivity contribution in [3.63, 3.8) is 0 Å². The van der Waals surface area contributed by atoms with Gasteiger partial charge in [0, 0.05) is 20.0 Å². The highest BCUT2D eigenvalue weighted by Crippen LogP contribution is 2.26. The summed E-state index contributed by atoms with van der Waals surface area (Å²) in [7, 11) is 4.01. The van der Waals surface area contributed by atoms with Crippen LogP contribution in [0, 0.1) is 0 Å². The minimum Gasteiger partial charge on any atom is -0.314 e. The van der Waals surface area contributed by atoms with Crippen LogP contribution in [0.3, 0.4) is 0 Å². The zero-order chi connectivity index (χ0) is 10.3. The molecule has 1 aliphatic rings. The van der Waals surface area contributed by atoms with Gasteiger partial charge in [0.25, 0.3) is 0 Å². The zero-order valence-corrected chi connectivity index (χ0v) is 8.74. The molecule has 0 aliphatic carbocycles. The smallest absolute Gasteiger partial charge is 0.227 e. The Labute approximate surface area is 83.9 Å². The third-order valence-electron chi connectivity index (χ3n) is 2.89. The van der Waals surface area contributed by atoms with Crippen LogP contribution in [0.5, 0.6) is 0 Å². The fourth-order valence-electron chi connectivity index (χ4n) is 2.27. The van der Waals surface area contributed by atoms with Crippen LogP contribution in [0.15, 0.2) is 24.3 Å². The van der Waals surface area contributed by atoms with Gasteiger partial charge in [0.05, 0.1) is 7.05 Å². The average Bonchev–Trinajstić information content (AvgIpc) is 2.41. The lowest BCUT2D eigenvalue weighted by atomic mass is 10.3. The quantitative estimate of drug-likeness (QED) is 0.686. The van der Waals surface area contributed by atoms with Crippen molar-refractivity contribution in [3.05, 3.63) is 24.3 Å². The van der Waals surface area contributed by atoms with Crippen LogP contribution in [-0.4, -0.2) is 26.0 Å². The molecule has 0 spiro atoms. The maximum Gasteiger partial charge on any atom is 0.227 e. The molecule has 3 nitrogen and oxygen atoms in total. The Kier molecular flexibility index (Phi) is 2.04. The summed E-state index contributed by atoms with van der Waals surface area (Å²) in [5.41, 5.74) is 2.36. The zero-order valence-electron chi connectivity index (χ0n) is 8.74. The van der Waals surface area contributed by atoms with Gasteiger partial charge in [0.1, 0.15) is 5.69 Å². The molecule has 3 heteroatoms. The third kappa shape index (κ3) is 1.13. The van der Waals surface area contributed by atoms with E-state index >= 15 is 0 Å². The van der Waals surface area contributed by atoms with E-state index in [1.165, 1.54) is 5.69 Å². The predicted octanol–water partition coefficient (Wildman–Crippen LogP) is 0.198. The molecule has 0 amide bonds. The number of carbonyl (C=O) groups is 1. The van der Waals surface area contributed by atoms with Crippen molar-refractivity contribution in [2.75, 3.05) is 19.0 Å². The van der Waals surface area contributed by atoms with Crippen molar-refractivity contribution >= 4 is 17.2 Å². The summed E-state index contributed by atoms with van der Waals surface area (Å²) >= 11 is 0. The number of ketones is 1. The van der Waals surface area contributed by atoms with Crippen LogP contribution in [0.4, 0.5) is 11.4 Å². The second-order valence-electron chi connectivity index (χ2n) is 3.82. The monoisotopic (exact) mass is 191 g/mol. The molecule has 1 aromatic carbocycles. The van der Waals surface area contributed by atoms with Crippen molar-refractivity contribution in [2.45, 2.75) is 13.1 Å². The number of quaternary nitrogens is 1. The van der Waals surface area contributed by atoms with Gasteiger partial charge in [-0.2, -0.15) is 0 Å². The van der Waals surface area contributed by atoms with Crippen LogP contribution < -0.4 is 9.80 Å². The molecule has 1 aromatic rings. The number of rotatable bonds is 1. The minimum atomic E-state index is -0.0626. The Morgan fingerprint density at radius 3 is 2.64 bits per heavy atom. The fourth-order valence-corrected chi connectivity index (χ4v) is 2.27. The first-order chi connectivity index (χ1) is 6.63. The van der Waals surface area contributed by atoms with Gasteiger partial charge in [-0.1, -0.05) is 12.1 Å². The summed E-state index contributed by atoms with van der Waals surface area (Å²) in [6.07, 6.45) is -0.0626. The van der Waals surface area contributed by atoms with E-state index in [2.05, 4.69) is 12.1 Å². The number of benzene rings is 1. The number of hydrogen-bond donors (Lipinski definition) is 1. The lowest BCUT2D eigenvalue weighted by molar-refractivity contribution is -0.820. The van der Waals surface area contributed by atoms with E-state index in [0.717, 1.165) is 10.6 Å². The Morgan fingerprint density at radius 2 is 2.07 bits per heavy atom. The lowest BCUT2D eigenvalue weighted by Gasteiger charge is -2.19. The van der Waals surface area contributed by atoms with E-state index in [0.29, 0.717) is 0 Å². The van der Waals surface area contributed by atoms with Gasteiger partial charge < -0.3 is 4.90 Å². The molecule has 0 bridgehead atoms. The van der Waals surface area contributed by atoms with Gasteiger partial charge in [-0.25, -0.2) is 0 Å². The Balaban J connectivity index is 2.48. The van der Waals surface area contributed by atoms with Gasteiger partial charge >= 0.3 is 0 Å². The maximum absolute atomic E-state index is 11.5. The van der Waals surface area contributed by atoms with E-state index in [9.17, 15) is 4.79 Å².